The maximum atomic E-state index is 6.33. The Morgan fingerprint density at radius 3 is 2.39 bits per heavy atom. The molecule has 3 heterocycles. The summed E-state index contributed by atoms with van der Waals surface area (Å²) in [5.74, 6) is 3.21. The van der Waals surface area contributed by atoms with E-state index >= 15 is 0 Å². The van der Waals surface area contributed by atoms with Crippen molar-refractivity contribution in [3.63, 3.8) is 0 Å². The van der Waals surface area contributed by atoms with Crippen molar-refractivity contribution in [2.45, 2.75) is 50.9 Å². The van der Waals surface area contributed by atoms with Crippen LogP contribution >= 0.6 is 23.8 Å². The molecule has 36 heavy (non-hydrogen) atoms. The first-order valence-electron chi connectivity index (χ1n) is 13.3. The highest BCUT2D eigenvalue weighted by atomic mass is 35.5. The van der Waals surface area contributed by atoms with Crippen molar-refractivity contribution in [3.05, 3.63) is 40.9 Å². The van der Waals surface area contributed by atoms with Gasteiger partial charge in [-0.05, 0) is 61.5 Å². The number of thiocarbonyl (C=S) groups is 1. The molecule has 2 saturated heterocycles. The molecule has 5 rings (SSSR count). The van der Waals surface area contributed by atoms with Crippen molar-refractivity contribution in [2.75, 3.05) is 61.1 Å². The van der Waals surface area contributed by atoms with Crippen LogP contribution in [0.1, 0.15) is 51.0 Å². The van der Waals surface area contributed by atoms with Crippen molar-refractivity contribution in [1.82, 2.24) is 15.3 Å². The van der Waals surface area contributed by atoms with Crippen LogP contribution in [0.2, 0.25) is 5.02 Å². The summed E-state index contributed by atoms with van der Waals surface area (Å²) in [5.41, 5.74) is 1.33. The number of morpholine rings is 1. The van der Waals surface area contributed by atoms with Crippen LogP contribution in [-0.2, 0) is 10.2 Å². The first-order chi connectivity index (χ1) is 17.5. The zero-order chi connectivity index (χ0) is 25.0. The fraction of sp³-hybridized carbons (Fsp3) is 0.593. The highest BCUT2D eigenvalue weighted by Crippen LogP contribution is 2.41. The molecule has 3 fully saturated rings. The Kier molecular flexibility index (Phi) is 8.13. The minimum absolute atomic E-state index is 0.0444. The monoisotopic (exact) mass is 528 g/mol. The summed E-state index contributed by atoms with van der Waals surface area (Å²) in [5, 5.41) is 8.13. The number of piperidine rings is 1. The molecule has 1 saturated carbocycles. The zero-order valence-corrected chi connectivity index (χ0v) is 22.7. The Balaban J connectivity index is 1.31. The summed E-state index contributed by atoms with van der Waals surface area (Å²) in [6.07, 6.45) is 7.07. The molecular weight excluding hydrogens is 492 g/mol. The summed E-state index contributed by atoms with van der Waals surface area (Å²) in [6, 6.07) is 10.4. The lowest BCUT2D eigenvalue weighted by molar-refractivity contribution is 0.122. The fourth-order valence-electron chi connectivity index (χ4n) is 5.66. The van der Waals surface area contributed by atoms with Crippen LogP contribution in [0.15, 0.2) is 30.3 Å². The van der Waals surface area contributed by atoms with E-state index < -0.39 is 0 Å². The van der Waals surface area contributed by atoms with Gasteiger partial charge in [0.1, 0.15) is 11.6 Å². The largest absolute Gasteiger partial charge is 0.378 e. The molecule has 194 valence electrons. The minimum atomic E-state index is 0.0444. The van der Waals surface area contributed by atoms with E-state index in [0.29, 0.717) is 11.1 Å². The smallest absolute Gasteiger partial charge is 0.232 e. The predicted molar refractivity (Wildman–Crippen MR) is 151 cm³/mol. The van der Waals surface area contributed by atoms with Gasteiger partial charge >= 0.3 is 0 Å². The molecule has 1 aliphatic carbocycles. The highest BCUT2D eigenvalue weighted by Gasteiger charge is 2.36. The first-order valence-corrected chi connectivity index (χ1v) is 14.1. The van der Waals surface area contributed by atoms with Crippen molar-refractivity contribution < 1.29 is 4.74 Å². The van der Waals surface area contributed by atoms with E-state index in [9.17, 15) is 0 Å². The number of nitrogens with zero attached hydrogens (tertiary/aromatic N) is 4. The van der Waals surface area contributed by atoms with Crippen LogP contribution in [0.4, 0.5) is 17.6 Å². The number of rotatable bonds is 6. The zero-order valence-electron chi connectivity index (χ0n) is 21.1. The summed E-state index contributed by atoms with van der Waals surface area (Å²) in [6.45, 7) is 8.22. The van der Waals surface area contributed by atoms with Gasteiger partial charge in [0.25, 0.3) is 0 Å². The molecule has 2 N–H and O–H groups in total. The van der Waals surface area contributed by atoms with Crippen molar-refractivity contribution in [1.29, 1.82) is 0 Å². The number of hydrogen-bond acceptors (Lipinski definition) is 6. The number of aromatic nitrogens is 2. The second-order valence-corrected chi connectivity index (χ2v) is 11.3. The molecule has 2 aliphatic heterocycles. The molecule has 0 amide bonds. The van der Waals surface area contributed by atoms with Crippen LogP contribution in [-0.4, -0.2) is 61.0 Å². The predicted octanol–water partition coefficient (Wildman–Crippen LogP) is 5.00. The van der Waals surface area contributed by atoms with E-state index in [1.807, 2.05) is 12.1 Å². The Labute approximate surface area is 225 Å². The first kappa shape index (κ1) is 25.5. The summed E-state index contributed by atoms with van der Waals surface area (Å²) in [4.78, 5) is 14.4. The Bertz CT molecular complexity index is 1050. The van der Waals surface area contributed by atoms with Gasteiger partial charge in [-0.3, -0.25) is 0 Å². The van der Waals surface area contributed by atoms with Gasteiger partial charge in [-0.25, -0.2) is 0 Å². The van der Waals surface area contributed by atoms with E-state index in [1.54, 1.807) is 0 Å². The number of nitrogens with one attached hydrogen (secondary N) is 2. The van der Waals surface area contributed by atoms with Crippen LogP contribution in [0.5, 0.6) is 0 Å². The molecule has 0 unspecified atom stereocenters. The van der Waals surface area contributed by atoms with Gasteiger partial charge in [-0.15, -0.1) is 0 Å². The number of benzene rings is 1. The third-order valence-corrected chi connectivity index (χ3v) is 8.43. The third kappa shape index (κ3) is 6.03. The molecule has 2 aromatic rings. The summed E-state index contributed by atoms with van der Waals surface area (Å²) in [7, 11) is 0. The van der Waals surface area contributed by atoms with Gasteiger partial charge in [0, 0.05) is 49.2 Å². The van der Waals surface area contributed by atoms with E-state index in [1.165, 1.54) is 31.2 Å². The second-order valence-electron chi connectivity index (χ2n) is 10.5. The summed E-state index contributed by atoms with van der Waals surface area (Å²) < 4.78 is 5.56. The van der Waals surface area contributed by atoms with E-state index in [2.05, 4.69) is 45.6 Å². The number of hydrogen-bond donors (Lipinski definition) is 2. The van der Waals surface area contributed by atoms with Gasteiger partial charge in [0.15, 0.2) is 5.11 Å². The third-order valence-electron chi connectivity index (χ3n) is 7.95. The quantitative estimate of drug-likeness (QED) is 0.508. The average Bonchev–Trinajstić information content (AvgIpc) is 3.39. The molecule has 1 aromatic heterocycles. The van der Waals surface area contributed by atoms with Gasteiger partial charge in [0.05, 0.1) is 13.2 Å². The van der Waals surface area contributed by atoms with E-state index in [0.717, 1.165) is 81.4 Å². The maximum absolute atomic E-state index is 6.33. The van der Waals surface area contributed by atoms with Gasteiger partial charge in [-0.1, -0.05) is 43.5 Å². The van der Waals surface area contributed by atoms with Crippen molar-refractivity contribution >= 4 is 46.5 Å². The molecular formula is C27H37ClN6OS. The van der Waals surface area contributed by atoms with E-state index in [-0.39, 0.29) is 5.41 Å². The van der Waals surface area contributed by atoms with Gasteiger partial charge in [0.2, 0.25) is 5.95 Å². The van der Waals surface area contributed by atoms with Crippen molar-refractivity contribution in [3.8, 4) is 0 Å². The Morgan fingerprint density at radius 2 is 1.72 bits per heavy atom. The van der Waals surface area contributed by atoms with Crippen LogP contribution in [0, 0.1) is 5.92 Å². The number of anilines is 3. The maximum Gasteiger partial charge on any atom is 0.232 e. The molecule has 9 heteroatoms. The van der Waals surface area contributed by atoms with E-state index in [4.69, 9.17) is 38.5 Å². The van der Waals surface area contributed by atoms with Crippen LogP contribution in [0.3, 0.4) is 0 Å². The molecule has 1 aromatic carbocycles. The van der Waals surface area contributed by atoms with Crippen molar-refractivity contribution in [2.24, 2.45) is 5.92 Å². The lowest BCUT2D eigenvalue weighted by atomic mass is 9.79. The standard InChI is InChI=1S/C27H37ClN6OS/c1-20-7-11-33(12-8-20)23-18-24(34-13-15-35-16-14-34)31-25(30-23)32-26(36)29-19-27(9-2-3-10-27)21-5-4-6-22(28)17-21/h4-6,17-18,20H,2-3,7-16,19H2,1H3,(H2,29,30,31,32,36). The summed E-state index contributed by atoms with van der Waals surface area (Å²) >= 11 is 12.1. The molecule has 7 nitrogen and oxygen atoms in total. The molecule has 0 radical (unpaired) electrons. The molecule has 3 aliphatic rings. The lowest BCUT2D eigenvalue weighted by Crippen LogP contribution is -2.41. The molecule has 0 bridgehead atoms. The van der Waals surface area contributed by atoms with Crippen LogP contribution in [0.25, 0.3) is 0 Å². The highest BCUT2D eigenvalue weighted by molar-refractivity contribution is 7.80. The normalized spacial score (nSPS) is 20.4. The van der Waals surface area contributed by atoms with Crippen LogP contribution < -0.4 is 20.4 Å². The topological polar surface area (TPSA) is 65.6 Å². The fourth-order valence-corrected chi connectivity index (χ4v) is 6.02. The number of halogens is 1. The second kappa shape index (κ2) is 11.5. The Morgan fingerprint density at radius 1 is 1.06 bits per heavy atom. The molecule has 0 atom stereocenters. The molecule has 0 spiro atoms. The SMILES string of the molecule is CC1CCN(c2cc(N3CCOCC3)nc(NC(=S)NCC3(c4cccc(Cl)c4)CCCC3)n2)CC1. The number of ether oxygens (including phenoxy) is 1. The van der Waals surface area contributed by atoms with Gasteiger partial charge in [-0.2, -0.15) is 9.97 Å². The van der Waals surface area contributed by atoms with Gasteiger partial charge < -0.3 is 25.2 Å². The minimum Gasteiger partial charge on any atom is -0.378 e. The Hall–Kier alpha value is -2.16. The lowest BCUT2D eigenvalue weighted by Gasteiger charge is -2.33. The average molecular weight is 529 g/mol.